The highest BCUT2D eigenvalue weighted by Crippen LogP contribution is 2.35. The van der Waals surface area contributed by atoms with Gasteiger partial charge in [0.25, 0.3) is 0 Å². The Morgan fingerprint density at radius 1 is 1.32 bits per heavy atom. The number of hydrogen-bond donors (Lipinski definition) is 1. The largest absolute Gasteiger partial charge is 0.493 e. The minimum atomic E-state index is -3.36. The molecule has 116 valence electrons. The fourth-order valence-electron chi connectivity index (χ4n) is 2.49. The Hall–Kier alpha value is -1.86. The summed E-state index contributed by atoms with van der Waals surface area (Å²) in [5.41, 5.74) is 0.837. The summed E-state index contributed by atoms with van der Waals surface area (Å²) in [5, 5.41) is 4.78. The van der Waals surface area contributed by atoms with Crippen LogP contribution in [0, 0.1) is 0 Å². The zero-order valence-corrected chi connectivity index (χ0v) is 13.5. The van der Waals surface area contributed by atoms with E-state index in [0.29, 0.717) is 23.8 Å². The molecule has 1 aromatic heterocycles. The van der Waals surface area contributed by atoms with Crippen molar-refractivity contribution in [1.29, 1.82) is 0 Å². The topological polar surface area (TPSA) is 72.5 Å². The summed E-state index contributed by atoms with van der Waals surface area (Å²) in [7, 11) is -3.36. The Bertz CT molecular complexity index is 810. The lowest BCUT2D eigenvalue weighted by atomic mass is 9.92. The van der Waals surface area contributed by atoms with Crippen LogP contribution < -0.4 is 10.1 Å². The third-order valence-corrected chi connectivity index (χ3v) is 5.64. The molecule has 0 fully saturated rings. The molecule has 0 saturated carbocycles. The molecule has 1 atom stereocenters. The summed E-state index contributed by atoms with van der Waals surface area (Å²) in [5.74, 6) is 0.172. The third-order valence-electron chi connectivity index (χ3n) is 3.54. The molecule has 1 N–H and O–H groups in total. The maximum atomic E-state index is 12.6. The van der Waals surface area contributed by atoms with Crippen LogP contribution >= 0.6 is 11.3 Å². The zero-order chi connectivity index (χ0) is 15.7. The number of fused-ring (bicyclic) bond motifs is 1. The second-order valence-corrected chi connectivity index (χ2v) is 8.00. The molecule has 2 aromatic rings. The van der Waals surface area contributed by atoms with E-state index in [2.05, 4.69) is 5.32 Å². The van der Waals surface area contributed by atoms with Gasteiger partial charge in [-0.25, -0.2) is 8.42 Å². The average Bonchev–Trinajstić information content (AvgIpc) is 2.95. The lowest BCUT2D eigenvalue weighted by Crippen LogP contribution is -2.26. The Kier molecular flexibility index (Phi) is 3.92. The van der Waals surface area contributed by atoms with Gasteiger partial charge in [0, 0.05) is 11.8 Å². The van der Waals surface area contributed by atoms with Crippen LogP contribution in [0.1, 0.15) is 17.9 Å². The van der Waals surface area contributed by atoms with E-state index in [0.717, 1.165) is 11.8 Å². The van der Waals surface area contributed by atoms with Crippen molar-refractivity contribution in [2.24, 2.45) is 0 Å². The number of para-hydroxylation sites is 1. The van der Waals surface area contributed by atoms with Gasteiger partial charge in [0.1, 0.15) is 15.6 Å². The Labute approximate surface area is 132 Å². The summed E-state index contributed by atoms with van der Waals surface area (Å²) >= 11 is 1.21. The van der Waals surface area contributed by atoms with E-state index >= 15 is 0 Å². The number of anilines is 1. The maximum Gasteiger partial charge on any atom is 0.232 e. The van der Waals surface area contributed by atoms with E-state index in [1.54, 1.807) is 5.38 Å². The molecule has 0 unspecified atom stereocenters. The first-order valence-corrected chi connectivity index (χ1v) is 9.54. The van der Waals surface area contributed by atoms with Crippen LogP contribution in [-0.2, 0) is 14.6 Å². The molecular weight excluding hydrogens is 322 g/mol. The summed E-state index contributed by atoms with van der Waals surface area (Å²) < 4.78 is 29.0. The number of nitrogens with one attached hydrogen (secondary N) is 1. The van der Waals surface area contributed by atoms with E-state index < -0.39 is 9.84 Å². The molecule has 0 radical (unpaired) electrons. The second kappa shape index (κ2) is 5.73. The molecule has 0 bridgehead atoms. The molecule has 1 aliphatic rings. The molecule has 1 amide bonds. The van der Waals surface area contributed by atoms with Gasteiger partial charge in [-0.3, -0.25) is 4.79 Å². The first-order chi connectivity index (χ1) is 10.5. The first kappa shape index (κ1) is 15.1. The van der Waals surface area contributed by atoms with Crippen molar-refractivity contribution in [3.05, 3.63) is 41.3 Å². The smallest absolute Gasteiger partial charge is 0.232 e. The number of rotatable bonds is 3. The number of benzene rings is 1. The van der Waals surface area contributed by atoms with Crippen molar-refractivity contribution in [1.82, 2.24) is 0 Å². The van der Waals surface area contributed by atoms with E-state index in [-0.39, 0.29) is 16.7 Å². The van der Waals surface area contributed by atoms with Crippen molar-refractivity contribution in [3.63, 3.8) is 0 Å². The lowest BCUT2D eigenvalue weighted by molar-refractivity contribution is -0.118. The van der Waals surface area contributed by atoms with Gasteiger partial charge in [-0.05, 0) is 23.9 Å². The predicted molar refractivity (Wildman–Crippen MR) is 85.4 cm³/mol. The molecule has 1 aromatic carbocycles. The minimum absolute atomic E-state index is 0.159. The van der Waals surface area contributed by atoms with Crippen molar-refractivity contribution in [2.45, 2.75) is 17.2 Å². The number of sulfone groups is 1. The van der Waals surface area contributed by atoms with Crippen LogP contribution in [0.25, 0.3) is 0 Å². The monoisotopic (exact) mass is 337 g/mol. The van der Waals surface area contributed by atoms with Gasteiger partial charge in [-0.15, -0.1) is 11.3 Å². The van der Waals surface area contributed by atoms with Crippen LogP contribution in [0.15, 0.2) is 40.6 Å². The highest BCUT2D eigenvalue weighted by atomic mass is 32.2. The maximum absolute atomic E-state index is 12.6. The van der Waals surface area contributed by atoms with Gasteiger partial charge in [0.15, 0.2) is 9.84 Å². The second-order valence-electron chi connectivity index (χ2n) is 5.10. The summed E-state index contributed by atoms with van der Waals surface area (Å²) in [6, 6.07) is 8.93. The molecule has 3 rings (SSSR count). The van der Waals surface area contributed by atoms with Gasteiger partial charge < -0.3 is 10.1 Å². The van der Waals surface area contributed by atoms with Crippen LogP contribution in [0.4, 0.5) is 5.00 Å². The van der Waals surface area contributed by atoms with Crippen LogP contribution in [0.5, 0.6) is 5.75 Å². The van der Waals surface area contributed by atoms with Gasteiger partial charge in [-0.2, -0.15) is 0 Å². The Morgan fingerprint density at radius 2 is 2.09 bits per heavy atom. The van der Waals surface area contributed by atoms with Gasteiger partial charge in [-0.1, -0.05) is 18.2 Å². The van der Waals surface area contributed by atoms with Gasteiger partial charge >= 0.3 is 0 Å². The highest BCUT2D eigenvalue weighted by Gasteiger charge is 2.28. The zero-order valence-electron chi connectivity index (χ0n) is 11.9. The number of ether oxygens (including phenoxy) is 1. The van der Waals surface area contributed by atoms with Gasteiger partial charge in [0.2, 0.25) is 5.91 Å². The molecule has 5 nitrogen and oxygen atoms in total. The minimum Gasteiger partial charge on any atom is -0.493 e. The number of amides is 1. The van der Waals surface area contributed by atoms with Crippen molar-refractivity contribution in [3.8, 4) is 5.75 Å². The predicted octanol–water partition coefficient (Wildman–Crippen LogP) is 2.66. The molecule has 0 spiro atoms. The van der Waals surface area contributed by atoms with Crippen LogP contribution in [0.3, 0.4) is 0 Å². The Balaban J connectivity index is 1.87. The molecule has 22 heavy (non-hydrogen) atoms. The Morgan fingerprint density at radius 3 is 2.86 bits per heavy atom. The van der Waals surface area contributed by atoms with E-state index in [4.69, 9.17) is 4.74 Å². The summed E-state index contributed by atoms with van der Waals surface area (Å²) in [4.78, 5) is 12.7. The molecule has 0 aliphatic carbocycles. The average molecular weight is 337 g/mol. The number of hydrogen-bond acceptors (Lipinski definition) is 5. The third kappa shape index (κ3) is 2.86. The summed E-state index contributed by atoms with van der Waals surface area (Å²) in [6.45, 7) is 0.471. The standard InChI is InChI=1S/C15H15NO4S2/c1-22(18,19)13-7-9-21-15(13)16-14(17)11-6-8-20-12-5-3-2-4-10(11)12/h2-5,7,9,11H,6,8H2,1H3,(H,16,17)/t11-/m0/s1. The number of carbonyl (C=O) groups excluding carboxylic acids is 1. The normalized spacial score (nSPS) is 17.4. The SMILES string of the molecule is CS(=O)(=O)c1ccsc1NC(=O)[C@H]1CCOc2ccccc21. The molecule has 0 saturated heterocycles. The number of thiophene rings is 1. The van der Waals surface area contributed by atoms with Crippen LogP contribution in [0.2, 0.25) is 0 Å². The van der Waals surface area contributed by atoms with E-state index in [1.165, 1.54) is 17.4 Å². The van der Waals surface area contributed by atoms with E-state index in [9.17, 15) is 13.2 Å². The highest BCUT2D eigenvalue weighted by molar-refractivity contribution is 7.91. The van der Waals surface area contributed by atoms with E-state index in [1.807, 2.05) is 24.3 Å². The van der Waals surface area contributed by atoms with Crippen molar-refractivity contribution in [2.75, 3.05) is 18.2 Å². The first-order valence-electron chi connectivity index (χ1n) is 6.77. The van der Waals surface area contributed by atoms with Crippen molar-refractivity contribution >= 4 is 32.1 Å². The molecule has 7 heteroatoms. The molecule has 1 aliphatic heterocycles. The number of carbonyl (C=O) groups is 1. The van der Waals surface area contributed by atoms with Crippen LogP contribution in [-0.4, -0.2) is 27.2 Å². The molecular formula is C15H15NO4S2. The fraction of sp³-hybridized carbons (Fsp3) is 0.267. The van der Waals surface area contributed by atoms with Crippen molar-refractivity contribution < 1.29 is 17.9 Å². The summed E-state index contributed by atoms with van der Waals surface area (Å²) in [6.07, 6.45) is 1.71. The quantitative estimate of drug-likeness (QED) is 0.934. The fourth-order valence-corrected chi connectivity index (χ4v) is 4.57. The lowest BCUT2D eigenvalue weighted by Gasteiger charge is -2.24. The van der Waals surface area contributed by atoms with Gasteiger partial charge in [0.05, 0.1) is 12.5 Å². The molecule has 2 heterocycles.